The summed E-state index contributed by atoms with van der Waals surface area (Å²) >= 11 is 0. The molecule has 5 aromatic rings. The Kier molecular flexibility index (Phi) is 5.14. The second-order valence-corrected chi connectivity index (χ2v) is 7.82. The van der Waals surface area contributed by atoms with Gasteiger partial charge in [0.15, 0.2) is 5.65 Å². The van der Waals surface area contributed by atoms with E-state index in [2.05, 4.69) is 15.4 Å². The van der Waals surface area contributed by atoms with Gasteiger partial charge >= 0.3 is 0 Å². The summed E-state index contributed by atoms with van der Waals surface area (Å²) in [5, 5.41) is 7.33. The minimum atomic E-state index is -0.271. The number of fused-ring (bicyclic) bond motifs is 1. The van der Waals surface area contributed by atoms with Gasteiger partial charge in [-0.3, -0.25) is 4.79 Å². The highest BCUT2D eigenvalue weighted by Gasteiger charge is 2.18. The second-order valence-electron chi connectivity index (χ2n) is 7.82. The molecule has 7 heteroatoms. The van der Waals surface area contributed by atoms with Crippen LogP contribution in [-0.2, 0) is 0 Å². The van der Waals surface area contributed by atoms with E-state index >= 15 is 0 Å². The van der Waals surface area contributed by atoms with Crippen LogP contribution in [0.3, 0.4) is 0 Å². The fourth-order valence-corrected chi connectivity index (χ4v) is 3.76. The van der Waals surface area contributed by atoms with Crippen molar-refractivity contribution in [1.29, 1.82) is 0 Å². The molecule has 0 aliphatic rings. The average molecular weight is 437 g/mol. The van der Waals surface area contributed by atoms with Gasteiger partial charge < -0.3 is 5.32 Å². The number of aryl methyl sites for hydroxylation is 2. The summed E-state index contributed by atoms with van der Waals surface area (Å²) in [5.41, 5.74) is 5.69. The van der Waals surface area contributed by atoms with Gasteiger partial charge in [0.2, 0.25) is 0 Å². The van der Waals surface area contributed by atoms with Crippen molar-refractivity contribution in [2.75, 3.05) is 5.32 Å². The van der Waals surface area contributed by atoms with E-state index < -0.39 is 0 Å². The summed E-state index contributed by atoms with van der Waals surface area (Å²) in [5.74, 6) is -0.104. The van der Waals surface area contributed by atoms with E-state index in [1.807, 2.05) is 43.3 Å². The zero-order chi connectivity index (χ0) is 22.9. The van der Waals surface area contributed by atoms with Gasteiger partial charge in [-0.15, -0.1) is 0 Å². The minimum absolute atomic E-state index is 0.242. The lowest BCUT2D eigenvalue weighted by atomic mass is 10.0. The maximum Gasteiger partial charge on any atom is 0.256 e. The van der Waals surface area contributed by atoms with Crippen LogP contribution in [0.2, 0.25) is 0 Å². The minimum Gasteiger partial charge on any atom is -0.307 e. The molecular weight excluding hydrogens is 417 g/mol. The summed E-state index contributed by atoms with van der Waals surface area (Å²) in [6.45, 7) is 3.66. The molecule has 0 aliphatic carbocycles. The molecule has 2 aromatic carbocycles. The van der Waals surface area contributed by atoms with Gasteiger partial charge in [0.25, 0.3) is 5.91 Å². The number of halogens is 1. The Labute approximate surface area is 189 Å². The first-order chi connectivity index (χ1) is 16.0. The lowest BCUT2D eigenvalue weighted by Crippen LogP contribution is -2.13. The quantitative estimate of drug-likeness (QED) is 0.405. The molecule has 1 amide bonds. The Morgan fingerprint density at radius 2 is 1.82 bits per heavy atom. The zero-order valence-electron chi connectivity index (χ0n) is 18.1. The van der Waals surface area contributed by atoms with Gasteiger partial charge in [-0.05, 0) is 74.0 Å². The topological polar surface area (TPSA) is 72.2 Å². The second kappa shape index (κ2) is 8.27. The first-order valence-corrected chi connectivity index (χ1v) is 10.4. The monoisotopic (exact) mass is 437 g/mol. The first-order valence-electron chi connectivity index (χ1n) is 10.4. The van der Waals surface area contributed by atoms with Crippen molar-refractivity contribution < 1.29 is 9.18 Å². The molecule has 6 nitrogen and oxygen atoms in total. The van der Waals surface area contributed by atoms with E-state index in [1.54, 1.807) is 48.1 Å². The number of amides is 1. The number of hydrogen-bond donors (Lipinski definition) is 1. The van der Waals surface area contributed by atoms with Gasteiger partial charge in [-0.25, -0.2) is 18.9 Å². The smallest absolute Gasteiger partial charge is 0.256 e. The number of rotatable bonds is 4. The lowest BCUT2D eigenvalue weighted by molar-refractivity contribution is 0.102. The standard InChI is InChI=1S/C26H20FN5O/c1-16-5-3-6-20(13-16)26(33)30-22-15-19(10-12-28-22)25-24(18-8-9-21(27)17(2)14-18)31-23-7-4-11-29-32(23)25/h3-15H,1-2H3,(H,28,30,33). The van der Waals surface area contributed by atoms with Gasteiger partial charge in [0, 0.05) is 29.1 Å². The van der Waals surface area contributed by atoms with Crippen molar-refractivity contribution in [2.24, 2.45) is 0 Å². The molecule has 0 radical (unpaired) electrons. The fraction of sp³-hybridized carbons (Fsp3) is 0.0769. The number of anilines is 1. The summed E-state index contributed by atoms with van der Waals surface area (Å²) in [6.07, 6.45) is 3.31. The predicted octanol–water partition coefficient (Wildman–Crippen LogP) is 5.47. The Hall–Kier alpha value is -4.39. The Morgan fingerprint density at radius 1 is 0.939 bits per heavy atom. The number of aromatic nitrogens is 4. The van der Waals surface area contributed by atoms with Gasteiger partial charge in [-0.1, -0.05) is 17.7 Å². The molecule has 0 saturated carbocycles. The summed E-state index contributed by atoms with van der Waals surface area (Å²) < 4.78 is 15.6. The van der Waals surface area contributed by atoms with E-state index in [0.717, 1.165) is 22.4 Å². The van der Waals surface area contributed by atoms with Gasteiger partial charge in [-0.2, -0.15) is 5.10 Å². The Bertz CT molecular complexity index is 1510. The number of benzene rings is 2. The number of carbonyl (C=O) groups excluding carboxylic acids is 1. The van der Waals surface area contributed by atoms with Crippen LogP contribution in [0.15, 0.2) is 79.1 Å². The molecule has 162 valence electrons. The lowest BCUT2D eigenvalue weighted by Gasteiger charge is -2.09. The molecule has 0 aliphatic heterocycles. The molecule has 0 bridgehead atoms. The summed E-state index contributed by atoms with van der Waals surface area (Å²) in [4.78, 5) is 21.8. The molecule has 1 N–H and O–H groups in total. The third-order valence-corrected chi connectivity index (χ3v) is 5.38. The largest absolute Gasteiger partial charge is 0.307 e. The summed E-state index contributed by atoms with van der Waals surface area (Å²) in [6, 6.07) is 19.6. The molecule has 3 aromatic heterocycles. The van der Waals surface area contributed by atoms with E-state index in [4.69, 9.17) is 4.98 Å². The predicted molar refractivity (Wildman–Crippen MR) is 125 cm³/mol. The number of hydrogen-bond acceptors (Lipinski definition) is 4. The fourth-order valence-electron chi connectivity index (χ4n) is 3.76. The van der Waals surface area contributed by atoms with Crippen molar-refractivity contribution in [3.8, 4) is 22.5 Å². The van der Waals surface area contributed by atoms with E-state index in [1.165, 1.54) is 6.07 Å². The van der Waals surface area contributed by atoms with Gasteiger partial charge in [0.05, 0.1) is 5.69 Å². The number of carbonyl (C=O) groups is 1. The molecule has 0 fully saturated rings. The number of imidazole rings is 1. The molecule has 0 unspecified atom stereocenters. The number of nitrogens with one attached hydrogen (secondary N) is 1. The van der Waals surface area contributed by atoms with Crippen LogP contribution in [-0.4, -0.2) is 25.5 Å². The molecule has 5 rings (SSSR count). The molecule has 3 heterocycles. The zero-order valence-corrected chi connectivity index (χ0v) is 18.1. The first kappa shape index (κ1) is 20.5. The third kappa shape index (κ3) is 3.96. The van der Waals surface area contributed by atoms with Crippen molar-refractivity contribution in [3.05, 3.63) is 102 Å². The molecule has 33 heavy (non-hydrogen) atoms. The van der Waals surface area contributed by atoms with Crippen LogP contribution in [0.5, 0.6) is 0 Å². The van der Waals surface area contributed by atoms with Crippen LogP contribution in [0.4, 0.5) is 10.2 Å². The van der Waals surface area contributed by atoms with E-state index in [-0.39, 0.29) is 11.7 Å². The SMILES string of the molecule is Cc1cccc(C(=O)Nc2cc(-c3c(-c4ccc(F)c(C)c4)nc4cccnn34)ccn2)c1. The van der Waals surface area contributed by atoms with Crippen molar-refractivity contribution in [1.82, 2.24) is 19.6 Å². The van der Waals surface area contributed by atoms with Crippen LogP contribution < -0.4 is 5.32 Å². The van der Waals surface area contributed by atoms with Crippen molar-refractivity contribution in [3.63, 3.8) is 0 Å². The molecule has 0 atom stereocenters. The van der Waals surface area contributed by atoms with Crippen LogP contribution in [0.1, 0.15) is 21.5 Å². The average Bonchev–Trinajstić information content (AvgIpc) is 3.21. The van der Waals surface area contributed by atoms with Crippen LogP contribution in [0, 0.1) is 19.7 Å². The van der Waals surface area contributed by atoms with E-state index in [9.17, 15) is 9.18 Å². The van der Waals surface area contributed by atoms with Gasteiger partial charge in [0.1, 0.15) is 17.3 Å². The van der Waals surface area contributed by atoms with Crippen molar-refractivity contribution in [2.45, 2.75) is 13.8 Å². The Balaban J connectivity index is 1.59. The van der Waals surface area contributed by atoms with Crippen LogP contribution in [0.25, 0.3) is 28.2 Å². The highest BCUT2D eigenvalue weighted by atomic mass is 19.1. The maximum absolute atomic E-state index is 13.9. The normalized spacial score (nSPS) is 11.0. The van der Waals surface area contributed by atoms with E-state index in [0.29, 0.717) is 28.3 Å². The molecule has 0 saturated heterocycles. The number of nitrogens with zero attached hydrogens (tertiary/aromatic N) is 4. The highest BCUT2D eigenvalue weighted by molar-refractivity contribution is 6.04. The molecule has 0 spiro atoms. The maximum atomic E-state index is 13.9. The summed E-state index contributed by atoms with van der Waals surface area (Å²) in [7, 11) is 0. The number of pyridine rings is 1. The molecular formula is C26H20FN5O. The third-order valence-electron chi connectivity index (χ3n) is 5.38. The Morgan fingerprint density at radius 3 is 2.64 bits per heavy atom. The van der Waals surface area contributed by atoms with Crippen LogP contribution >= 0.6 is 0 Å². The van der Waals surface area contributed by atoms with Crippen molar-refractivity contribution >= 4 is 17.4 Å². The highest BCUT2D eigenvalue weighted by Crippen LogP contribution is 2.33.